The molecular formula is C23H29N3O3. The maximum Gasteiger partial charge on any atom is 0.227 e. The van der Waals surface area contributed by atoms with Gasteiger partial charge in [0.05, 0.1) is 18.6 Å². The lowest BCUT2D eigenvalue weighted by atomic mass is 10.0. The van der Waals surface area contributed by atoms with Crippen molar-refractivity contribution in [2.75, 3.05) is 32.0 Å². The van der Waals surface area contributed by atoms with Gasteiger partial charge in [-0.1, -0.05) is 42.5 Å². The Morgan fingerprint density at radius 3 is 2.45 bits per heavy atom. The first-order valence-electron chi connectivity index (χ1n) is 10.00. The number of aliphatic hydroxyl groups excluding tert-OH is 1. The third-order valence-corrected chi connectivity index (χ3v) is 5.35. The molecule has 3 rings (SSSR count). The average molecular weight is 396 g/mol. The number of carbonyl (C=O) groups is 2. The molecular weight excluding hydrogens is 366 g/mol. The fourth-order valence-electron chi connectivity index (χ4n) is 3.73. The molecule has 1 aliphatic heterocycles. The first-order valence-corrected chi connectivity index (χ1v) is 10.00. The maximum absolute atomic E-state index is 13.0. The van der Waals surface area contributed by atoms with Gasteiger partial charge in [0.2, 0.25) is 11.8 Å². The Morgan fingerprint density at radius 1 is 1.17 bits per heavy atom. The quantitative estimate of drug-likeness (QED) is 0.755. The maximum atomic E-state index is 13.0. The van der Waals surface area contributed by atoms with E-state index in [1.807, 2.05) is 66.5 Å². The highest BCUT2D eigenvalue weighted by Gasteiger charge is 2.28. The van der Waals surface area contributed by atoms with Crippen LogP contribution in [0.3, 0.4) is 0 Å². The summed E-state index contributed by atoms with van der Waals surface area (Å²) in [5.74, 6) is -0.0860. The summed E-state index contributed by atoms with van der Waals surface area (Å²) in [7, 11) is 1.85. The zero-order valence-corrected chi connectivity index (χ0v) is 17.0. The molecule has 0 spiro atoms. The number of anilines is 1. The monoisotopic (exact) mass is 395 g/mol. The molecule has 0 aromatic heterocycles. The first-order chi connectivity index (χ1) is 13.9. The van der Waals surface area contributed by atoms with E-state index >= 15 is 0 Å². The third kappa shape index (κ3) is 5.89. The Hall–Kier alpha value is -2.70. The topological polar surface area (TPSA) is 72.9 Å². The number of rotatable bonds is 7. The lowest BCUT2D eigenvalue weighted by molar-refractivity contribution is -0.131. The van der Waals surface area contributed by atoms with Gasteiger partial charge in [0, 0.05) is 39.3 Å². The zero-order chi connectivity index (χ0) is 20.8. The van der Waals surface area contributed by atoms with Crippen molar-refractivity contribution in [2.24, 2.45) is 0 Å². The first kappa shape index (κ1) is 21.0. The lowest BCUT2D eigenvalue weighted by Crippen LogP contribution is -2.39. The largest absolute Gasteiger partial charge is 0.392 e. The molecule has 6 nitrogen and oxygen atoms in total. The summed E-state index contributed by atoms with van der Waals surface area (Å²) in [6, 6.07) is 17.3. The molecule has 0 saturated carbocycles. The van der Waals surface area contributed by atoms with Crippen LogP contribution in [0.2, 0.25) is 0 Å². The molecule has 1 heterocycles. The van der Waals surface area contributed by atoms with E-state index in [1.54, 1.807) is 0 Å². The van der Waals surface area contributed by atoms with E-state index in [1.165, 1.54) is 6.92 Å². The number of hydrogen-bond donors (Lipinski definition) is 2. The van der Waals surface area contributed by atoms with Gasteiger partial charge in [-0.2, -0.15) is 0 Å². The van der Waals surface area contributed by atoms with Gasteiger partial charge >= 0.3 is 0 Å². The van der Waals surface area contributed by atoms with Crippen molar-refractivity contribution < 1.29 is 14.7 Å². The Bertz CT molecular complexity index is 823. The number of likely N-dealkylation sites (N-methyl/N-ethyl adjacent to an activating group) is 1. The minimum atomic E-state index is -0.283. The third-order valence-electron chi connectivity index (χ3n) is 5.35. The van der Waals surface area contributed by atoms with E-state index < -0.39 is 0 Å². The van der Waals surface area contributed by atoms with Gasteiger partial charge in [-0.15, -0.1) is 0 Å². The van der Waals surface area contributed by atoms with Gasteiger partial charge in [0.25, 0.3) is 0 Å². The van der Waals surface area contributed by atoms with Crippen molar-refractivity contribution >= 4 is 17.5 Å². The van der Waals surface area contributed by atoms with Crippen molar-refractivity contribution in [2.45, 2.75) is 31.9 Å². The lowest BCUT2D eigenvalue weighted by Gasteiger charge is -2.32. The molecule has 0 aliphatic carbocycles. The Labute approximate surface area is 172 Å². The van der Waals surface area contributed by atoms with Crippen molar-refractivity contribution in [1.82, 2.24) is 9.80 Å². The summed E-state index contributed by atoms with van der Waals surface area (Å²) < 4.78 is 0. The number of likely N-dealkylation sites (tertiary alicyclic amines) is 1. The minimum Gasteiger partial charge on any atom is -0.392 e. The molecule has 2 aromatic rings. The van der Waals surface area contributed by atoms with Crippen LogP contribution < -0.4 is 5.32 Å². The normalized spacial score (nSPS) is 17.7. The number of benzene rings is 2. The number of carbonyl (C=O) groups excluding carboxylic acids is 2. The SMILES string of the molecule is CC(=O)Nc1ccc(CC(=O)N(C)[C@H](CN2CC[C@H](O)C2)c2ccccc2)cc1. The molecule has 0 unspecified atom stereocenters. The Morgan fingerprint density at radius 2 is 1.86 bits per heavy atom. The van der Waals surface area contributed by atoms with Crippen LogP contribution in [0.1, 0.15) is 30.5 Å². The van der Waals surface area contributed by atoms with Crippen LogP contribution >= 0.6 is 0 Å². The van der Waals surface area contributed by atoms with Crippen LogP contribution in [-0.2, 0) is 16.0 Å². The predicted molar refractivity (Wildman–Crippen MR) is 113 cm³/mol. The van der Waals surface area contributed by atoms with Crippen molar-refractivity contribution in [3.05, 3.63) is 65.7 Å². The van der Waals surface area contributed by atoms with Crippen LogP contribution in [0.4, 0.5) is 5.69 Å². The van der Waals surface area contributed by atoms with E-state index in [2.05, 4.69) is 10.2 Å². The molecule has 2 amide bonds. The van der Waals surface area contributed by atoms with E-state index in [0.717, 1.165) is 29.8 Å². The number of β-amino-alcohol motifs (C(OH)–C–C–N with tert-alkyl or cyclic N) is 1. The Balaban J connectivity index is 1.70. The second kappa shape index (κ2) is 9.67. The highest BCUT2D eigenvalue weighted by molar-refractivity contribution is 5.88. The predicted octanol–water partition coefficient (Wildman–Crippen LogP) is 2.45. The molecule has 2 aromatic carbocycles. The highest BCUT2D eigenvalue weighted by atomic mass is 16.3. The highest BCUT2D eigenvalue weighted by Crippen LogP contribution is 2.24. The molecule has 29 heavy (non-hydrogen) atoms. The van der Waals surface area contributed by atoms with Crippen LogP contribution in [0.25, 0.3) is 0 Å². The van der Waals surface area contributed by atoms with E-state index in [-0.39, 0.29) is 24.0 Å². The number of nitrogens with one attached hydrogen (secondary N) is 1. The second-order valence-electron chi connectivity index (χ2n) is 7.69. The van der Waals surface area contributed by atoms with Crippen LogP contribution in [-0.4, -0.2) is 59.5 Å². The second-order valence-corrected chi connectivity index (χ2v) is 7.69. The van der Waals surface area contributed by atoms with Gasteiger partial charge < -0.3 is 15.3 Å². The van der Waals surface area contributed by atoms with Gasteiger partial charge in [-0.05, 0) is 29.7 Å². The average Bonchev–Trinajstić information content (AvgIpc) is 3.12. The molecule has 2 N–H and O–H groups in total. The summed E-state index contributed by atoms with van der Waals surface area (Å²) in [5.41, 5.74) is 2.71. The molecule has 154 valence electrons. The molecule has 1 fully saturated rings. The van der Waals surface area contributed by atoms with Crippen molar-refractivity contribution in [1.29, 1.82) is 0 Å². The summed E-state index contributed by atoms with van der Waals surface area (Å²) in [6.07, 6.45) is 0.789. The number of aliphatic hydroxyl groups is 1. The fourth-order valence-corrected chi connectivity index (χ4v) is 3.73. The van der Waals surface area contributed by atoms with Crippen LogP contribution in [0.5, 0.6) is 0 Å². The zero-order valence-electron chi connectivity index (χ0n) is 17.0. The smallest absolute Gasteiger partial charge is 0.227 e. The van der Waals surface area contributed by atoms with Crippen LogP contribution in [0.15, 0.2) is 54.6 Å². The molecule has 1 aliphatic rings. The molecule has 6 heteroatoms. The molecule has 0 bridgehead atoms. The molecule has 0 radical (unpaired) electrons. The summed E-state index contributed by atoms with van der Waals surface area (Å²) >= 11 is 0. The van der Waals surface area contributed by atoms with Gasteiger partial charge in [-0.3, -0.25) is 14.5 Å². The minimum absolute atomic E-state index is 0.0332. The van der Waals surface area contributed by atoms with E-state index in [0.29, 0.717) is 19.5 Å². The van der Waals surface area contributed by atoms with Gasteiger partial charge in [-0.25, -0.2) is 0 Å². The summed E-state index contributed by atoms with van der Waals surface area (Å²) in [6.45, 7) is 3.66. The van der Waals surface area contributed by atoms with Crippen molar-refractivity contribution in [3.8, 4) is 0 Å². The van der Waals surface area contributed by atoms with E-state index in [4.69, 9.17) is 0 Å². The molecule has 1 saturated heterocycles. The van der Waals surface area contributed by atoms with Crippen molar-refractivity contribution in [3.63, 3.8) is 0 Å². The molecule has 2 atom stereocenters. The summed E-state index contributed by atoms with van der Waals surface area (Å²) in [4.78, 5) is 28.2. The van der Waals surface area contributed by atoms with Gasteiger partial charge in [0.1, 0.15) is 0 Å². The summed E-state index contributed by atoms with van der Waals surface area (Å²) in [5, 5.41) is 12.6. The number of hydrogen-bond acceptors (Lipinski definition) is 4. The standard InChI is InChI=1S/C23H29N3O3/c1-17(27)24-20-10-8-18(9-11-20)14-23(29)25(2)22(19-6-4-3-5-7-19)16-26-13-12-21(28)15-26/h3-11,21-22,28H,12-16H2,1-2H3,(H,24,27)/t21-,22+/m0/s1. The Kier molecular flexibility index (Phi) is 7.01. The fraction of sp³-hybridized carbons (Fsp3) is 0.391. The number of amides is 2. The van der Waals surface area contributed by atoms with Crippen LogP contribution in [0, 0.1) is 0 Å². The van der Waals surface area contributed by atoms with E-state index in [9.17, 15) is 14.7 Å². The number of nitrogens with zero attached hydrogens (tertiary/aromatic N) is 2. The van der Waals surface area contributed by atoms with Gasteiger partial charge in [0.15, 0.2) is 0 Å².